The first-order valence-corrected chi connectivity index (χ1v) is 7.63. The number of carbonyl (C=O) groups excluding carboxylic acids is 2. The number of hydrogen-bond donors (Lipinski definition) is 0. The Balaban J connectivity index is 2.29. The molecule has 21 heavy (non-hydrogen) atoms. The molecule has 0 aromatic carbocycles. The van der Waals surface area contributed by atoms with Crippen LogP contribution in [0.25, 0.3) is 0 Å². The number of hydrogen-bond acceptors (Lipinski definition) is 4. The van der Waals surface area contributed by atoms with Gasteiger partial charge in [-0.25, -0.2) is 9.59 Å². The maximum atomic E-state index is 11.9. The fourth-order valence-electron chi connectivity index (χ4n) is 2.22. The molecule has 1 amide bonds. The normalized spacial score (nSPS) is 17.0. The molecule has 5 heteroatoms. The average Bonchev–Trinajstić information content (AvgIpc) is 2.38. The third kappa shape index (κ3) is 7.16. The number of likely N-dealkylation sites (tertiary alicyclic amines) is 1. The van der Waals surface area contributed by atoms with Gasteiger partial charge in [0, 0.05) is 19.2 Å². The van der Waals surface area contributed by atoms with Gasteiger partial charge in [-0.15, -0.1) is 0 Å². The standard InChI is InChI=1S/C16H27NO4/c1-5-20-14(18)8-6-7-13-9-11-17(12-10-13)15(19)21-16(2,3)4/h6,8,13H,5,7,9-12H2,1-4H3/b8-6+. The van der Waals surface area contributed by atoms with Crippen molar-refractivity contribution < 1.29 is 19.1 Å². The summed E-state index contributed by atoms with van der Waals surface area (Å²) in [4.78, 5) is 24.9. The van der Waals surface area contributed by atoms with Crippen LogP contribution in [0.2, 0.25) is 0 Å². The largest absolute Gasteiger partial charge is 0.463 e. The highest BCUT2D eigenvalue weighted by molar-refractivity contribution is 5.81. The maximum absolute atomic E-state index is 11.9. The van der Waals surface area contributed by atoms with E-state index >= 15 is 0 Å². The van der Waals surface area contributed by atoms with Crippen LogP contribution in [0.4, 0.5) is 4.79 Å². The van der Waals surface area contributed by atoms with Crippen LogP contribution < -0.4 is 0 Å². The molecule has 0 aliphatic carbocycles. The van der Waals surface area contributed by atoms with Gasteiger partial charge in [0.25, 0.3) is 0 Å². The molecular weight excluding hydrogens is 270 g/mol. The quantitative estimate of drug-likeness (QED) is 0.591. The molecule has 0 unspecified atom stereocenters. The zero-order chi connectivity index (χ0) is 15.9. The Morgan fingerprint density at radius 1 is 1.24 bits per heavy atom. The molecule has 0 radical (unpaired) electrons. The van der Waals surface area contributed by atoms with Gasteiger partial charge < -0.3 is 14.4 Å². The topological polar surface area (TPSA) is 55.8 Å². The van der Waals surface area contributed by atoms with Gasteiger partial charge >= 0.3 is 12.1 Å². The second-order valence-electron chi connectivity index (χ2n) is 6.30. The molecule has 0 spiro atoms. The first-order chi connectivity index (χ1) is 9.81. The van der Waals surface area contributed by atoms with Crippen LogP contribution in [0.5, 0.6) is 0 Å². The number of allylic oxidation sites excluding steroid dienone is 1. The first-order valence-electron chi connectivity index (χ1n) is 7.63. The Kier molecular flexibility index (Phi) is 6.72. The van der Waals surface area contributed by atoms with Crippen LogP contribution in [0.15, 0.2) is 12.2 Å². The zero-order valence-corrected chi connectivity index (χ0v) is 13.6. The highest BCUT2D eigenvalue weighted by Gasteiger charge is 2.26. The smallest absolute Gasteiger partial charge is 0.410 e. The SMILES string of the molecule is CCOC(=O)/C=C/CC1CCN(C(=O)OC(C)(C)C)CC1. The molecule has 0 aromatic heterocycles. The molecule has 1 saturated heterocycles. The highest BCUT2D eigenvalue weighted by Crippen LogP contribution is 2.22. The van der Waals surface area contributed by atoms with Crippen molar-refractivity contribution in [2.45, 2.75) is 52.6 Å². The lowest BCUT2D eigenvalue weighted by atomic mass is 9.93. The van der Waals surface area contributed by atoms with Crippen LogP contribution in [0.3, 0.4) is 0 Å². The average molecular weight is 297 g/mol. The van der Waals surface area contributed by atoms with Gasteiger partial charge in [0.15, 0.2) is 0 Å². The highest BCUT2D eigenvalue weighted by atomic mass is 16.6. The maximum Gasteiger partial charge on any atom is 0.410 e. The summed E-state index contributed by atoms with van der Waals surface area (Å²) < 4.78 is 10.2. The monoisotopic (exact) mass is 297 g/mol. The molecule has 120 valence electrons. The van der Waals surface area contributed by atoms with E-state index in [2.05, 4.69) is 0 Å². The molecule has 1 rings (SSSR count). The Bertz CT molecular complexity index is 376. The molecule has 0 bridgehead atoms. The summed E-state index contributed by atoms with van der Waals surface area (Å²) in [5.74, 6) is 0.220. The summed E-state index contributed by atoms with van der Waals surface area (Å²) in [7, 11) is 0. The van der Waals surface area contributed by atoms with Crippen molar-refractivity contribution in [2.24, 2.45) is 5.92 Å². The van der Waals surface area contributed by atoms with Crippen LogP contribution in [0, 0.1) is 5.92 Å². The number of esters is 1. The van der Waals surface area contributed by atoms with Gasteiger partial charge in [0.1, 0.15) is 5.60 Å². The number of rotatable bonds is 4. The molecule has 1 fully saturated rings. The van der Waals surface area contributed by atoms with Crippen LogP contribution >= 0.6 is 0 Å². The first kappa shape index (κ1) is 17.5. The molecular formula is C16H27NO4. The third-order valence-electron chi connectivity index (χ3n) is 3.28. The Labute approximate surface area is 127 Å². The van der Waals surface area contributed by atoms with Crippen LogP contribution in [-0.2, 0) is 14.3 Å². The summed E-state index contributed by atoms with van der Waals surface area (Å²) in [5.41, 5.74) is -0.448. The molecule has 5 nitrogen and oxygen atoms in total. The predicted molar refractivity (Wildman–Crippen MR) is 80.9 cm³/mol. The van der Waals surface area contributed by atoms with Gasteiger partial charge in [-0.3, -0.25) is 0 Å². The van der Waals surface area contributed by atoms with E-state index in [9.17, 15) is 9.59 Å². The number of ether oxygens (including phenoxy) is 2. The minimum Gasteiger partial charge on any atom is -0.463 e. The molecule has 0 atom stereocenters. The number of nitrogens with zero attached hydrogens (tertiary/aromatic N) is 1. The van der Waals surface area contributed by atoms with Crippen LogP contribution in [-0.4, -0.2) is 42.3 Å². The van der Waals surface area contributed by atoms with E-state index in [0.717, 1.165) is 19.3 Å². The lowest BCUT2D eigenvalue weighted by Gasteiger charge is -2.33. The van der Waals surface area contributed by atoms with Crippen molar-refractivity contribution >= 4 is 12.1 Å². The molecule has 0 N–H and O–H groups in total. The van der Waals surface area contributed by atoms with Gasteiger partial charge in [0.2, 0.25) is 0 Å². The second kappa shape index (κ2) is 8.05. The summed E-state index contributed by atoms with van der Waals surface area (Å²) in [6.07, 6.45) is 5.85. The lowest BCUT2D eigenvalue weighted by Crippen LogP contribution is -2.41. The molecule has 1 aliphatic heterocycles. The van der Waals surface area contributed by atoms with E-state index in [1.807, 2.05) is 26.8 Å². The number of carbonyl (C=O) groups is 2. The fourth-order valence-corrected chi connectivity index (χ4v) is 2.22. The van der Waals surface area contributed by atoms with Gasteiger partial charge in [-0.2, -0.15) is 0 Å². The minimum atomic E-state index is -0.448. The molecule has 1 aliphatic rings. The summed E-state index contributed by atoms with van der Waals surface area (Å²) >= 11 is 0. The zero-order valence-electron chi connectivity index (χ0n) is 13.6. The van der Waals surface area contributed by atoms with Crippen molar-refractivity contribution in [3.8, 4) is 0 Å². The van der Waals surface area contributed by atoms with E-state index in [4.69, 9.17) is 9.47 Å². The van der Waals surface area contributed by atoms with E-state index in [-0.39, 0.29) is 12.1 Å². The third-order valence-corrected chi connectivity index (χ3v) is 3.28. The van der Waals surface area contributed by atoms with Crippen molar-refractivity contribution in [2.75, 3.05) is 19.7 Å². The van der Waals surface area contributed by atoms with Crippen molar-refractivity contribution in [1.82, 2.24) is 4.90 Å². The van der Waals surface area contributed by atoms with Gasteiger partial charge in [-0.1, -0.05) is 6.08 Å². The molecule has 0 aromatic rings. The van der Waals surface area contributed by atoms with E-state index in [0.29, 0.717) is 25.6 Å². The van der Waals surface area contributed by atoms with Gasteiger partial charge in [0.05, 0.1) is 6.61 Å². The lowest BCUT2D eigenvalue weighted by molar-refractivity contribution is -0.137. The van der Waals surface area contributed by atoms with E-state index in [1.165, 1.54) is 6.08 Å². The number of amides is 1. The second-order valence-corrected chi connectivity index (χ2v) is 6.30. The summed E-state index contributed by atoms with van der Waals surface area (Å²) in [5, 5.41) is 0. The Morgan fingerprint density at radius 3 is 2.38 bits per heavy atom. The predicted octanol–water partition coefficient (Wildman–Crippen LogP) is 3.14. The number of piperidine rings is 1. The van der Waals surface area contributed by atoms with E-state index < -0.39 is 5.60 Å². The van der Waals surface area contributed by atoms with Crippen molar-refractivity contribution in [1.29, 1.82) is 0 Å². The van der Waals surface area contributed by atoms with E-state index in [1.54, 1.807) is 11.8 Å². The van der Waals surface area contributed by atoms with Crippen molar-refractivity contribution in [3.63, 3.8) is 0 Å². The van der Waals surface area contributed by atoms with Gasteiger partial charge in [-0.05, 0) is 52.9 Å². The molecule has 0 saturated carbocycles. The minimum absolute atomic E-state index is 0.233. The Hall–Kier alpha value is -1.52. The molecule has 1 heterocycles. The Morgan fingerprint density at radius 2 is 1.86 bits per heavy atom. The van der Waals surface area contributed by atoms with Crippen LogP contribution in [0.1, 0.15) is 47.0 Å². The van der Waals surface area contributed by atoms with Crippen molar-refractivity contribution in [3.05, 3.63) is 12.2 Å². The fraction of sp³-hybridized carbons (Fsp3) is 0.750. The summed E-state index contributed by atoms with van der Waals surface area (Å²) in [6.45, 7) is 9.24. The summed E-state index contributed by atoms with van der Waals surface area (Å²) in [6, 6.07) is 0.